The molecule has 1 heteroatoms. The number of terminal acetylenes is 1. The Balaban J connectivity index is 2.52. The third kappa shape index (κ3) is 1.26. The molecule has 1 rings (SSSR count). The van der Waals surface area contributed by atoms with Gasteiger partial charge in [0.05, 0.1) is 0 Å². The van der Waals surface area contributed by atoms with Crippen LogP contribution >= 0.6 is 0 Å². The molecule has 0 aromatic heterocycles. The van der Waals surface area contributed by atoms with Crippen LogP contribution in [0.1, 0.15) is 26.7 Å². The largest absolute Gasteiger partial charge is 0.330 e. The van der Waals surface area contributed by atoms with Crippen LogP contribution in [0.15, 0.2) is 0 Å². The van der Waals surface area contributed by atoms with Crippen molar-refractivity contribution in [2.24, 2.45) is 5.92 Å². The van der Waals surface area contributed by atoms with E-state index in [4.69, 9.17) is 6.42 Å². The van der Waals surface area contributed by atoms with Gasteiger partial charge < -0.3 is 4.90 Å². The molecule has 1 atom stereocenters. The molecule has 0 radical (unpaired) electrons. The quantitative estimate of drug-likeness (QED) is 0.497. The number of nitrogens with zero attached hydrogens (tertiary/aromatic N) is 1. The molecule has 0 spiro atoms. The maximum absolute atomic E-state index is 5.34. The first-order chi connectivity index (χ1) is 4.75. The molecule has 56 valence electrons. The van der Waals surface area contributed by atoms with Crippen LogP contribution < -0.4 is 0 Å². The molecule has 1 fully saturated rings. The summed E-state index contributed by atoms with van der Waals surface area (Å²) in [6.07, 6.45) is 7.89. The van der Waals surface area contributed by atoms with Gasteiger partial charge in [-0.1, -0.05) is 20.3 Å². The Bertz CT molecular complexity index is 143. The van der Waals surface area contributed by atoms with Crippen LogP contribution in [0, 0.1) is 18.4 Å². The zero-order chi connectivity index (χ0) is 7.56. The van der Waals surface area contributed by atoms with Crippen molar-refractivity contribution < 1.29 is 0 Å². The Hall–Kier alpha value is -0.640. The highest BCUT2D eigenvalue weighted by Gasteiger charge is 2.24. The fourth-order valence-electron chi connectivity index (χ4n) is 1.65. The van der Waals surface area contributed by atoms with Crippen molar-refractivity contribution in [3.8, 4) is 12.5 Å². The summed E-state index contributed by atoms with van der Waals surface area (Å²) in [7, 11) is 0. The number of hydrogen-bond donors (Lipinski definition) is 0. The van der Waals surface area contributed by atoms with Gasteiger partial charge in [-0.3, -0.25) is 0 Å². The van der Waals surface area contributed by atoms with Crippen LogP contribution in [-0.4, -0.2) is 17.5 Å². The number of hydrogen-bond acceptors (Lipinski definition) is 1. The van der Waals surface area contributed by atoms with Crippen LogP contribution in [0.4, 0.5) is 0 Å². The molecule has 0 aromatic carbocycles. The first kappa shape index (κ1) is 7.47. The lowest BCUT2D eigenvalue weighted by molar-refractivity contribution is 0.295. The summed E-state index contributed by atoms with van der Waals surface area (Å²) in [6.45, 7) is 5.57. The summed E-state index contributed by atoms with van der Waals surface area (Å²) in [5.74, 6) is 0.707. The van der Waals surface area contributed by atoms with Gasteiger partial charge in [0.2, 0.25) is 0 Å². The van der Waals surface area contributed by atoms with E-state index in [0.717, 1.165) is 6.54 Å². The zero-order valence-electron chi connectivity index (χ0n) is 6.80. The van der Waals surface area contributed by atoms with Gasteiger partial charge in [-0.05, 0) is 18.8 Å². The van der Waals surface area contributed by atoms with Crippen molar-refractivity contribution >= 4 is 0 Å². The Labute approximate surface area is 63.4 Å². The zero-order valence-corrected chi connectivity index (χ0v) is 6.80. The van der Waals surface area contributed by atoms with Gasteiger partial charge in [0.25, 0.3) is 0 Å². The van der Waals surface area contributed by atoms with Crippen LogP contribution in [-0.2, 0) is 0 Å². The van der Waals surface area contributed by atoms with Gasteiger partial charge in [0, 0.05) is 18.6 Å². The Morgan fingerprint density at radius 2 is 2.30 bits per heavy atom. The average molecular weight is 137 g/mol. The van der Waals surface area contributed by atoms with Crippen molar-refractivity contribution in [2.45, 2.75) is 32.7 Å². The Morgan fingerprint density at radius 1 is 1.60 bits per heavy atom. The summed E-state index contributed by atoms with van der Waals surface area (Å²) in [5, 5.41) is 0. The Kier molecular flexibility index (Phi) is 2.21. The van der Waals surface area contributed by atoms with E-state index in [0.29, 0.717) is 12.0 Å². The summed E-state index contributed by atoms with van der Waals surface area (Å²) < 4.78 is 0. The highest BCUT2D eigenvalue weighted by atomic mass is 15.2. The lowest BCUT2D eigenvalue weighted by Gasteiger charge is -2.23. The summed E-state index contributed by atoms with van der Waals surface area (Å²) in [6, 6.07) is 3.37. The molecule has 0 N–H and O–H groups in total. The third-order valence-corrected chi connectivity index (χ3v) is 2.23. The topological polar surface area (TPSA) is 3.24 Å². The fourth-order valence-corrected chi connectivity index (χ4v) is 1.65. The van der Waals surface area contributed by atoms with E-state index in [1.165, 1.54) is 12.8 Å². The van der Waals surface area contributed by atoms with Crippen LogP contribution in [0.3, 0.4) is 0 Å². The van der Waals surface area contributed by atoms with Crippen molar-refractivity contribution in [3.05, 3.63) is 0 Å². The number of rotatable bonds is 1. The smallest absolute Gasteiger partial charge is 0.0394 e. The van der Waals surface area contributed by atoms with Crippen molar-refractivity contribution in [2.75, 3.05) is 6.54 Å². The molecule has 0 amide bonds. The summed E-state index contributed by atoms with van der Waals surface area (Å²) >= 11 is 0. The van der Waals surface area contributed by atoms with E-state index in [9.17, 15) is 0 Å². The molecule has 1 aliphatic rings. The maximum atomic E-state index is 5.34. The van der Waals surface area contributed by atoms with E-state index < -0.39 is 0 Å². The van der Waals surface area contributed by atoms with Crippen molar-refractivity contribution in [3.63, 3.8) is 0 Å². The van der Waals surface area contributed by atoms with Gasteiger partial charge in [-0.15, -0.1) is 0 Å². The Morgan fingerprint density at radius 3 is 2.70 bits per heavy atom. The van der Waals surface area contributed by atoms with Crippen molar-refractivity contribution in [1.82, 2.24) is 4.90 Å². The molecule has 0 aromatic rings. The van der Waals surface area contributed by atoms with Crippen LogP contribution in [0.25, 0.3) is 0 Å². The van der Waals surface area contributed by atoms with E-state index in [2.05, 4.69) is 24.8 Å². The van der Waals surface area contributed by atoms with E-state index in [-0.39, 0.29) is 0 Å². The molecular formula is C9H15N. The van der Waals surface area contributed by atoms with Gasteiger partial charge in [-0.25, -0.2) is 0 Å². The predicted molar refractivity (Wildman–Crippen MR) is 43.4 cm³/mol. The lowest BCUT2D eigenvalue weighted by Crippen LogP contribution is -2.28. The average Bonchev–Trinajstić information content (AvgIpc) is 2.33. The second-order valence-electron chi connectivity index (χ2n) is 3.28. The second-order valence-corrected chi connectivity index (χ2v) is 3.28. The first-order valence-electron chi connectivity index (χ1n) is 3.98. The normalized spacial score (nSPS) is 25.4. The molecule has 1 unspecified atom stereocenters. The highest BCUT2D eigenvalue weighted by molar-refractivity contribution is 4.94. The predicted octanol–water partition coefficient (Wildman–Crippen LogP) is 1.70. The molecule has 1 saturated heterocycles. The lowest BCUT2D eigenvalue weighted by atomic mass is 10.0. The van der Waals surface area contributed by atoms with Crippen LogP contribution in [0.2, 0.25) is 0 Å². The molecule has 0 aliphatic carbocycles. The molecule has 1 heterocycles. The standard InChI is InChI=1S/C9H15N/c1-4-10-7-5-6-9(10)8(2)3/h1,8-9H,5-7H2,2-3H3. The highest BCUT2D eigenvalue weighted by Crippen LogP contribution is 2.22. The minimum Gasteiger partial charge on any atom is -0.330 e. The minimum absolute atomic E-state index is 0.644. The molecule has 0 saturated carbocycles. The van der Waals surface area contributed by atoms with Crippen molar-refractivity contribution in [1.29, 1.82) is 0 Å². The van der Waals surface area contributed by atoms with Gasteiger partial charge >= 0.3 is 0 Å². The second kappa shape index (κ2) is 2.96. The van der Waals surface area contributed by atoms with Gasteiger partial charge in [-0.2, -0.15) is 0 Å². The summed E-state index contributed by atoms with van der Waals surface area (Å²) in [4.78, 5) is 2.13. The third-order valence-electron chi connectivity index (χ3n) is 2.23. The van der Waals surface area contributed by atoms with Gasteiger partial charge in [0.1, 0.15) is 0 Å². The van der Waals surface area contributed by atoms with E-state index in [1.807, 2.05) is 0 Å². The van der Waals surface area contributed by atoms with Crippen LogP contribution in [0.5, 0.6) is 0 Å². The molecule has 1 aliphatic heterocycles. The van der Waals surface area contributed by atoms with E-state index >= 15 is 0 Å². The maximum Gasteiger partial charge on any atom is 0.0394 e. The molecular weight excluding hydrogens is 122 g/mol. The minimum atomic E-state index is 0.644. The van der Waals surface area contributed by atoms with Gasteiger partial charge in [0.15, 0.2) is 0 Å². The first-order valence-corrected chi connectivity index (χ1v) is 3.98. The molecule has 0 bridgehead atoms. The van der Waals surface area contributed by atoms with E-state index in [1.54, 1.807) is 0 Å². The molecule has 10 heavy (non-hydrogen) atoms. The number of likely N-dealkylation sites (tertiary alicyclic amines) is 1. The fraction of sp³-hybridized carbons (Fsp3) is 0.778. The monoisotopic (exact) mass is 137 g/mol. The molecule has 1 nitrogen and oxygen atoms in total. The SMILES string of the molecule is C#CN1CCCC1C(C)C. The summed E-state index contributed by atoms with van der Waals surface area (Å²) in [5.41, 5.74) is 0.